The molecule has 1 atom stereocenters. The van der Waals surface area contributed by atoms with Crippen molar-refractivity contribution in [3.63, 3.8) is 0 Å². The minimum Gasteiger partial charge on any atom is -0.324 e. The largest absolute Gasteiger partial charge is 0.324 e. The summed E-state index contributed by atoms with van der Waals surface area (Å²) < 4.78 is 31.4. The van der Waals surface area contributed by atoms with Crippen molar-refractivity contribution in [3.8, 4) is 11.1 Å². The van der Waals surface area contributed by atoms with Gasteiger partial charge < -0.3 is 15.6 Å². The van der Waals surface area contributed by atoms with Gasteiger partial charge in [-0.25, -0.2) is 8.78 Å². The van der Waals surface area contributed by atoms with Crippen molar-refractivity contribution in [2.24, 2.45) is 12.8 Å². The number of hydrogen-bond acceptors (Lipinski definition) is 3. The molecule has 186 valence electrons. The second kappa shape index (κ2) is 11.3. The summed E-state index contributed by atoms with van der Waals surface area (Å²) in [4.78, 5) is 24.9. The number of amides is 1. The molecule has 1 aromatic heterocycles. The molecule has 0 radical (unpaired) electrons. The highest BCUT2D eigenvalue weighted by Gasteiger charge is 2.28. The van der Waals surface area contributed by atoms with Crippen molar-refractivity contribution in [3.05, 3.63) is 124 Å². The maximum absolute atomic E-state index is 15.0. The van der Waals surface area contributed by atoms with E-state index in [9.17, 15) is 9.59 Å². The van der Waals surface area contributed by atoms with Gasteiger partial charge in [0.25, 0.3) is 0 Å². The van der Waals surface area contributed by atoms with E-state index in [2.05, 4.69) is 5.32 Å². The maximum Gasteiger partial charge on any atom is 0.250 e. The van der Waals surface area contributed by atoms with Gasteiger partial charge in [-0.05, 0) is 36.2 Å². The molecule has 1 amide bonds. The Kier molecular flexibility index (Phi) is 8.40. The molecule has 0 spiro atoms. The van der Waals surface area contributed by atoms with E-state index in [4.69, 9.17) is 5.73 Å². The summed E-state index contributed by atoms with van der Waals surface area (Å²) in [6.45, 7) is 1.61. The van der Waals surface area contributed by atoms with E-state index >= 15 is 8.78 Å². The van der Waals surface area contributed by atoms with E-state index in [1.165, 1.54) is 23.7 Å². The number of carbonyl (C=O) groups excluding carboxylic acids is 1. The van der Waals surface area contributed by atoms with Crippen LogP contribution in [0.2, 0.25) is 0 Å². The number of anilines is 1. The number of nitrogens with one attached hydrogen (secondary N) is 1. The van der Waals surface area contributed by atoms with E-state index < -0.39 is 29.5 Å². The number of nitrogens with two attached hydrogens (primary N) is 1. The monoisotopic (exact) mass is 509 g/mol. The second-order valence-electron chi connectivity index (χ2n) is 8.36. The van der Waals surface area contributed by atoms with Gasteiger partial charge in [-0.1, -0.05) is 60.7 Å². The molecule has 3 N–H and O–H groups in total. The van der Waals surface area contributed by atoms with Gasteiger partial charge in [0, 0.05) is 36.0 Å². The molecule has 8 heteroatoms. The number of benzene rings is 3. The molecular formula is C28H26ClF2N3O2. The Hall–Kier alpha value is -3.81. The Bertz CT molecular complexity index is 1360. The first-order chi connectivity index (χ1) is 16.8. The second-order valence-corrected chi connectivity index (χ2v) is 8.36. The lowest BCUT2D eigenvalue weighted by Crippen LogP contribution is -2.41. The van der Waals surface area contributed by atoms with Gasteiger partial charge in [0.1, 0.15) is 11.6 Å². The predicted molar refractivity (Wildman–Crippen MR) is 140 cm³/mol. The molecule has 4 aromatic rings. The number of pyridine rings is 1. The summed E-state index contributed by atoms with van der Waals surface area (Å²) in [6, 6.07) is 22.4. The van der Waals surface area contributed by atoms with Gasteiger partial charge in [-0.3, -0.25) is 9.59 Å². The Morgan fingerprint density at radius 3 is 1.89 bits per heavy atom. The molecule has 3 aromatic carbocycles. The van der Waals surface area contributed by atoms with Gasteiger partial charge >= 0.3 is 0 Å². The first kappa shape index (κ1) is 26.8. The summed E-state index contributed by atoms with van der Waals surface area (Å²) >= 11 is 0. The summed E-state index contributed by atoms with van der Waals surface area (Å²) in [5.74, 6) is -2.76. The highest BCUT2D eigenvalue weighted by Crippen LogP contribution is 2.31. The maximum atomic E-state index is 15.0. The topological polar surface area (TPSA) is 77.1 Å². The smallest absolute Gasteiger partial charge is 0.250 e. The number of aromatic nitrogens is 1. The van der Waals surface area contributed by atoms with E-state index in [0.29, 0.717) is 5.69 Å². The minimum absolute atomic E-state index is 0. The van der Waals surface area contributed by atoms with Crippen LogP contribution in [0.15, 0.2) is 89.7 Å². The van der Waals surface area contributed by atoms with Gasteiger partial charge in [0.2, 0.25) is 11.5 Å². The van der Waals surface area contributed by atoms with Gasteiger partial charge in [0.15, 0.2) is 0 Å². The summed E-state index contributed by atoms with van der Waals surface area (Å²) in [7, 11) is 1.53. The third-order valence-corrected chi connectivity index (χ3v) is 6.17. The van der Waals surface area contributed by atoms with Crippen LogP contribution in [0.4, 0.5) is 14.5 Å². The Morgan fingerprint density at radius 2 is 1.39 bits per heavy atom. The standard InChI is InChI=1S/C28H25F2N3O2.ClH/c1-17-21(13-14-24(34)33(17)2)26-22(29)15-20(16-23(26)30)32-28(35)27(31)25(18-9-5-3-6-10-18)19-11-7-4-8-12-19;/h3-16,25,27H,31H2,1-2H3,(H,32,35);1H. The van der Waals surface area contributed by atoms with Crippen molar-refractivity contribution in [1.82, 2.24) is 4.57 Å². The molecule has 0 saturated carbocycles. The lowest BCUT2D eigenvalue weighted by Gasteiger charge is -2.24. The third-order valence-electron chi connectivity index (χ3n) is 6.17. The number of carbonyl (C=O) groups is 1. The number of rotatable bonds is 6. The van der Waals surface area contributed by atoms with Crippen molar-refractivity contribution in [2.45, 2.75) is 18.9 Å². The van der Waals surface area contributed by atoms with Crippen LogP contribution in [0, 0.1) is 18.6 Å². The molecule has 36 heavy (non-hydrogen) atoms. The van der Waals surface area contributed by atoms with E-state index in [1.54, 1.807) is 6.92 Å². The summed E-state index contributed by atoms with van der Waals surface area (Å²) in [6.07, 6.45) is 0. The van der Waals surface area contributed by atoms with Crippen molar-refractivity contribution >= 4 is 24.0 Å². The molecule has 0 aliphatic rings. The lowest BCUT2D eigenvalue weighted by molar-refractivity contribution is -0.117. The average molecular weight is 510 g/mol. The zero-order valence-electron chi connectivity index (χ0n) is 19.7. The van der Waals surface area contributed by atoms with E-state index in [1.807, 2.05) is 60.7 Å². The number of halogens is 3. The lowest BCUT2D eigenvalue weighted by atomic mass is 9.85. The number of nitrogens with zero attached hydrogens (tertiary/aromatic N) is 1. The van der Waals surface area contributed by atoms with Gasteiger partial charge in [-0.2, -0.15) is 0 Å². The van der Waals surface area contributed by atoms with Crippen LogP contribution in [0.1, 0.15) is 22.7 Å². The quantitative estimate of drug-likeness (QED) is 0.377. The highest BCUT2D eigenvalue weighted by atomic mass is 35.5. The molecular weight excluding hydrogens is 484 g/mol. The molecule has 0 bridgehead atoms. The van der Waals surface area contributed by atoms with Crippen LogP contribution in [0.5, 0.6) is 0 Å². The average Bonchev–Trinajstić information content (AvgIpc) is 2.85. The van der Waals surface area contributed by atoms with Gasteiger partial charge in [-0.15, -0.1) is 12.4 Å². The summed E-state index contributed by atoms with van der Waals surface area (Å²) in [5.41, 5.74) is 8.15. The normalized spacial score (nSPS) is 11.6. The van der Waals surface area contributed by atoms with Gasteiger partial charge in [0.05, 0.1) is 11.6 Å². The molecule has 1 heterocycles. The van der Waals surface area contributed by atoms with Crippen LogP contribution in [-0.2, 0) is 11.8 Å². The van der Waals surface area contributed by atoms with E-state index in [0.717, 1.165) is 23.3 Å². The van der Waals surface area contributed by atoms with Crippen molar-refractivity contribution < 1.29 is 13.6 Å². The highest BCUT2D eigenvalue weighted by molar-refractivity contribution is 5.96. The zero-order valence-corrected chi connectivity index (χ0v) is 20.6. The molecule has 4 rings (SSSR count). The summed E-state index contributed by atoms with van der Waals surface area (Å²) in [5, 5.41) is 2.56. The van der Waals surface area contributed by atoms with Crippen molar-refractivity contribution in [1.29, 1.82) is 0 Å². The fourth-order valence-corrected chi connectivity index (χ4v) is 4.20. The van der Waals surface area contributed by atoms with Crippen LogP contribution < -0.4 is 16.6 Å². The fourth-order valence-electron chi connectivity index (χ4n) is 4.20. The molecule has 0 saturated heterocycles. The van der Waals surface area contributed by atoms with E-state index in [-0.39, 0.29) is 34.8 Å². The third kappa shape index (κ3) is 5.37. The molecule has 0 fully saturated rings. The Labute approximate surface area is 214 Å². The first-order valence-electron chi connectivity index (χ1n) is 11.1. The number of hydrogen-bond donors (Lipinski definition) is 2. The van der Waals surface area contributed by atoms with Crippen LogP contribution in [-0.4, -0.2) is 16.5 Å². The Balaban J connectivity index is 0.00000361. The van der Waals surface area contributed by atoms with Crippen molar-refractivity contribution in [2.75, 3.05) is 5.32 Å². The zero-order chi connectivity index (χ0) is 25.1. The predicted octanol–water partition coefficient (Wildman–Crippen LogP) is 5.16. The van der Waals surface area contributed by atoms with Crippen LogP contribution in [0.25, 0.3) is 11.1 Å². The molecule has 5 nitrogen and oxygen atoms in total. The first-order valence-corrected chi connectivity index (χ1v) is 11.1. The molecule has 1 unspecified atom stereocenters. The van der Waals surface area contributed by atoms with Crippen LogP contribution >= 0.6 is 12.4 Å². The SMILES string of the molecule is Cc1c(-c2c(F)cc(NC(=O)C(N)C(c3ccccc3)c3ccccc3)cc2F)ccc(=O)n1C.Cl. The fraction of sp³-hybridized carbons (Fsp3) is 0.143. The Morgan fingerprint density at radius 1 is 0.889 bits per heavy atom. The molecule has 0 aliphatic carbocycles. The van der Waals surface area contributed by atoms with Crippen LogP contribution in [0.3, 0.4) is 0 Å². The minimum atomic E-state index is -1.02. The molecule has 0 aliphatic heterocycles.